The number of amides is 1. The first-order chi connectivity index (χ1) is 20.5. The average molecular weight is 615 g/mol. The molecule has 12 heteroatoms. The number of fused-ring (bicyclic) bond motifs is 2. The number of alkyl halides is 3. The highest BCUT2D eigenvalue weighted by molar-refractivity contribution is 6.31. The van der Waals surface area contributed by atoms with Gasteiger partial charge in [0.05, 0.1) is 22.3 Å². The summed E-state index contributed by atoms with van der Waals surface area (Å²) in [5, 5.41) is 5.47. The molecule has 2 aromatic carbocycles. The third-order valence-electron chi connectivity index (χ3n) is 8.88. The number of rotatable bonds is 6. The Balaban J connectivity index is 1.13. The van der Waals surface area contributed by atoms with E-state index in [0.29, 0.717) is 42.3 Å². The minimum atomic E-state index is -4.41. The van der Waals surface area contributed by atoms with Gasteiger partial charge in [0, 0.05) is 81.0 Å². The van der Waals surface area contributed by atoms with E-state index in [1.54, 1.807) is 22.6 Å². The Kier molecular flexibility index (Phi) is 7.89. The third kappa shape index (κ3) is 5.72. The highest BCUT2D eigenvalue weighted by Gasteiger charge is 2.31. The minimum Gasteiger partial charge on any atom is -0.338 e. The SMILES string of the molecule is CC(=O)N1CCc2c(c(-c3ccc(C(F)(F)F)cc3)nn2CCCN2CCC(n3c(=O)n(C)c4ccc(Cl)cc43)CC2)C1. The minimum absolute atomic E-state index is 0.0219. The number of benzene rings is 2. The van der Waals surface area contributed by atoms with Gasteiger partial charge in [0.2, 0.25) is 5.91 Å². The van der Waals surface area contributed by atoms with Crippen LogP contribution >= 0.6 is 11.6 Å². The van der Waals surface area contributed by atoms with E-state index in [4.69, 9.17) is 16.7 Å². The van der Waals surface area contributed by atoms with Crippen LogP contribution in [0.5, 0.6) is 0 Å². The van der Waals surface area contributed by atoms with E-state index in [0.717, 1.165) is 73.3 Å². The van der Waals surface area contributed by atoms with Gasteiger partial charge < -0.3 is 9.80 Å². The fourth-order valence-corrected chi connectivity index (χ4v) is 6.70. The van der Waals surface area contributed by atoms with Crippen LogP contribution in [0.3, 0.4) is 0 Å². The molecule has 0 radical (unpaired) electrons. The van der Waals surface area contributed by atoms with Crippen LogP contribution in [0.1, 0.15) is 49.0 Å². The summed E-state index contributed by atoms with van der Waals surface area (Å²) < 4.78 is 45.0. The Labute approximate surface area is 252 Å². The Morgan fingerprint density at radius 1 is 1.02 bits per heavy atom. The fourth-order valence-electron chi connectivity index (χ4n) is 6.53. The number of aromatic nitrogens is 4. The van der Waals surface area contributed by atoms with Crippen LogP contribution in [-0.2, 0) is 37.5 Å². The average Bonchev–Trinajstić information content (AvgIpc) is 3.46. The molecule has 4 aromatic rings. The van der Waals surface area contributed by atoms with Gasteiger partial charge >= 0.3 is 11.9 Å². The van der Waals surface area contributed by atoms with Crippen molar-refractivity contribution in [3.05, 3.63) is 74.8 Å². The Bertz CT molecular complexity index is 1710. The van der Waals surface area contributed by atoms with Crippen LogP contribution in [0.25, 0.3) is 22.3 Å². The zero-order valence-corrected chi connectivity index (χ0v) is 25.0. The highest BCUT2D eigenvalue weighted by Crippen LogP contribution is 2.34. The number of hydrogen-bond acceptors (Lipinski definition) is 4. The molecular weight excluding hydrogens is 581 g/mol. The van der Waals surface area contributed by atoms with Gasteiger partial charge in [-0.1, -0.05) is 23.7 Å². The second-order valence-corrected chi connectivity index (χ2v) is 12.0. The molecule has 0 bridgehead atoms. The summed E-state index contributed by atoms with van der Waals surface area (Å²) in [5.41, 5.74) is 4.22. The van der Waals surface area contributed by atoms with Crippen LogP contribution in [0.4, 0.5) is 13.2 Å². The van der Waals surface area contributed by atoms with Gasteiger partial charge in [-0.15, -0.1) is 0 Å². The van der Waals surface area contributed by atoms with Crippen molar-refractivity contribution >= 4 is 28.5 Å². The number of piperidine rings is 1. The van der Waals surface area contributed by atoms with Crippen molar-refractivity contribution in [1.82, 2.24) is 28.7 Å². The maximum absolute atomic E-state index is 13.1. The van der Waals surface area contributed by atoms with E-state index in [1.807, 2.05) is 21.4 Å². The number of hydrogen-bond donors (Lipinski definition) is 0. The lowest BCUT2D eigenvalue weighted by Crippen LogP contribution is -2.38. The third-order valence-corrected chi connectivity index (χ3v) is 9.12. The van der Waals surface area contributed by atoms with E-state index in [2.05, 4.69) is 4.90 Å². The van der Waals surface area contributed by atoms with Gasteiger partial charge in [0.1, 0.15) is 0 Å². The maximum atomic E-state index is 13.1. The Hall–Kier alpha value is -3.57. The van der Waals surface area contributed by atoms with E-state index < -0.39 is 11.7 Å². The van der Waals surface area contributed by atoms with Gasteiger partial charge in [0.15, 0.2) is 0 Å². The molecule has 0 spiro atoms. The van der Waals surface area contributed by atoms with Crippen molar-refractivity contribution in [2.75, 3.05) is 26.2 Å². The monoisotopic (exact) mass is 614 g/mol. The lowest BCUT2D eigenvalue weighted by molar-refractivity contribution is -0.137. The molecule has 2 aliphatic heterocycles. The molecule has 0 unspecified atom stereocenters. The van der Waals surface area contributed by atoms with Gasteiger partial charge in [-0.05, 0) is 56.1 Å². The highest BCUT2D eigenvalue weighted by atomic mass is 35.5. The second-order valence-electron chi connectivity index (χ2n) is 11.5. The van der Waals surface area contributed by atoms with E-state index >= 15 is 0 Å². The predicted octanol–water partition coefficient (Wildman–Crippen LogP) is 5.51. The first-order valence-electron chi connectivity index (χ1n) is 14.6. The topological polar surface area (TPSA) is 68.3 Å². The lowest BCUT2D eigenvalue weighted by atomic mass is 10.00. The largest absolute Gasteiger partial charge is 0.416 e. The summed E-state index contributed by atoms with van der Waals surface area (Å²) >= 11 is 6.25. The van der Waals surface area contributed by atoms with Gasteiger partial charge in [-0.25, -0.2) is 4.79 Å². The van der Waals surface area contributed by atoms with E-state index in [-0.39, 0.29) is 17.6 Å². The number of carbonyl (C=O) groups is 1. The van der Waals surface area contributed by atoms with Crippen LogP contribution in [0, 0.1) is 0 Å². The number of nitrogens with zero attached hydrogens (tertiary/aromatic N) is 6. The van der Waals surface area contributed by atoms with Crippen LogP contribution in [-0.4, -0.2) is 60.8 Å². The maximum Gasteiger partial charge on any atom is 0.416 e. The van der Waals surface area contributed by atoms with E-state index in [1.165, 1.54) is 19.1 Å². The lowest BCUT2D eigenvalue weighted by Gasteiger charge is -2.32. The number of likely N-dealkylation sites (tertiary alicyclic amines) is 1. The van der Waals surface area contributed by atoms with Gasteiger partial charge in [-0.2, -0.15) is 18.3 Å². The Morgan fingerprint density at radius 2 is 1.74 bits per heavy atom. The molecule has 8 nitrogen and oxygen atoms in total. The van der Waals surface area contributed by atoms with E-state index in [9.17, 15) is 22.8 Å². The number of carbonyl (C=O) groups excluding carboxylic acids is 1. The van der Waals surface area contributed by atoms with Crippen molar-refractivity contribution in [1.29, 1.82) is 0 Å². The molecule has 2 aromatic heterocycles. The number of aryl methyl sites for hydroxylation is 2. The Morgan fingerprint density at radius 3 is 2.42 bits per heavy atom. The molecule has 228 valence electrons. The zero-order valence-electron chi connectivity index (χ0n) is 24.2. The van der Waals surface area contributed by atoms with Crippen molar-refractivity contribution in [3.63, 3.8) is 0 Å². The molecule has 1 amide bonds. The van der Waals surface area contributed by atoms with Gasteiger partial charge in [0.25, 0.3) is 0 Å². The van der Waals surface area contributed by atoms with Crippen LogP contribution in [0.15, 0.2) is 47.3 Å². The summed E-state index contributed by atoms with van der Waals surface area (Å²) in [5.74, 6) is -0.0333. The first-order valence-corrected chi connectivity index (χ1v) is 15.0. The standard InChI is InChI=1S/C31H34ClF3N6O2/c1-20(42)39-17-12-26-25(19-39)29(21-4-6-22(7-5-21)31(33,34)35)36-40(26)14-3-13-38-15-10-24(11-16-38)41-28-18-23(32)8-9-27(28)37(2)30(41)43/h4-9,18,24H,3,10-17,19H2,1-2H3. The zero-order chi connectivity index (χ0) is 30.5. The van der Waals surface area contributed by atoms with Crippen molar-refractivity contribution in [2.24, 2.45) is 7.05 Å². The summed E-state index contributed by atoms with van der Waals surface area (Å²) in [6.45, 7) is 5.80. The summed E-state index contributed by atoms with van der Waals surface area (Å²) in [6.07, 6.45) is -1.18. The smallest absolute Gasteiger partial charge is 0.338 e. The fraction of sp³-hybridized carbons (Fsp3) is 0.452. The molecule has 1 fully saturated rings. The van der Waals surface area contributed by atoms with Gasteiger partial charge in [-0.3, -0.25) is 18.6 Å². The second kappa shape index (κ2) is 11.5. The molecule has 0 N–H and O–H groups in total. The molecule has 0 saturated carbocycles. The van der Waals surface area contributed by atoms with Crippen molar-refractivity contribution in [3.8, 4) is 11.3 Å². The molecule has 0 atom stereocenters. The number of halogens is 4. The summed E-state index contributed by atoms with van der Waals surface area (Å²) in [6, 6.07) is 10.7. The number of imidazole rings is 1. The molecule has 2 aliphatic rings. The van der Waals surface area contributed by atoms with Crippen LogP contribution < -0.4 is 5.69 Å². The predicted molar refractivity (Wildman–Crippen MR) is 159 cm³/mol. The first kappa shape index (κ1) is 29.5. The molecular formula is C31H34ClF3N6O2. The summed E-state index contributed by atoms with van der Waals surface area (Å²) in [4.78, 5) is 29.3. The molecule has 0 aliphatic carbocycles. The molecule has 6 rings (SSSR count). The van der Waals surface area contributed by atoms with Crippen molar-refractivity contribution in [2.45, 2.75) is 57.9 Å². The van der Waals surface area contributed by atoms with Crippen molar-refractivity contribution < 1.29 is 18.0 Å². The quantitative estimate of drug-likeness (QED) is 0.287. The summed E-state index contributed by atoms with van der Waals surface area (Å²) in [7, 11) is 1.79. The van der Waals surface area contributed by atoms with Crippen LogP contribution in [0.2, 0.25) is 5.02 Å². The molecule has 4 heterocycles. The molecule has 43 heavy (non-hydrogen) atoms. The molecule has 1 saturated heterocycles. The normalized spacial score (nSPS) is 16.7.